The maximum atomic E-state index is 6.30. The van der Waals surface area contributed by atoms with E-state index in [4.69, 9.17) is 16.3 Å². The van der Waals surface area contributed by atoms with Gasteiger partial charge in [0, 0.05) is 31.0 Å². The van der Waals surface area contributed by atoms with Crippen LogP contribution >= 0.6 is 11.6 Å². The van der Waals surface area contributed by atoms with Crippen LogP contribution in [0.4, 0.5) is 0 Å². The van der Waals surface area contributed by atoms with Gasteiger partial charge in [-0.3, -0.25) is 4.90 Å². The molecule has 0 radical (unpaired) electrons. The van der Waals surface area contributed by atoms with E-state index in [1.54, 1.807) is 0 Å². The van der Waals surface area contributed by atoms with Crippen molar-refractivity contribution in [2.24, 2.45) is 0 Å². The van der Waals surface area contributed by atoms with Gasteiger partial charge in [-0.05, 0) is 23.8 Å². The van der Waals surface area contributed by atoms with Gasteiger partial charge in [0.1, 0.15) is 6.23 Å². The summed E-state index contributed by atoms with van der Waals surface area (Å²) in [5.74, 6) is 0. The second kappa shape index (κ2) is 6.81. The normalized spacial score (nSPS) is 18.1. The van der Waals surface area contributed by atoms with Crippen LogP contribution in [0.5, 0.6) is 0 Å². The smallest absolute Gasteiger partial charge is 0.138 e. The molecule has 0 N–H and O–H groups in total. The van der Waals surface area contributed by atoms with Crippen molar-refractivity contribution >= 4 is 11.6 Å². The predicted molar refractivity (Wildman–Crippen MR) is 96.3 cm³/mol. The van der Waals surface area contributed by atoms with Crippen LogP contribution in [0.25, 0.3) is 5.69 Å². The van der Waals surface area contributed by atoms with E-state index >= 15 is 0 Å². The Bertz CT molecular complexity index is 815. The highest BCUT2D eigenvalue weighted by Crippen LogP contribution is 2.30. The third-order valence-electron chi connectivity index (χ3n) is 4.35. The minimum absolute atomic E-state index is 0.00561. The van der Waals surface area contributed by atoms with E-state index in [1.807, 2.05) is 36.5 Å². The number of hydrogen-bond acceptors (Lipinski definition) is 2. The molecule has 1 aliphatic heterocycles. The number of aromatic nitrogens is 1. The van der Waals surface area contributed by atoms with E-state index in [9.17, 15) is 0 Å². The molecule has 3 aromatic rings. The van der Waals surface area contributed by atoms with Crippen molar-refractivity contribution in [3.05, 3.63) is 89.2 Å². The van der Waals surface area contributed by atoms with Gasteiger partial charge in [-0.2, -0.15) is 0 Å². The van der Waals surface area contributed by atoms with Crippen molar-refractivity contribution in [2.75, 3.05) is 13.2 Å². The summed E-state index contributed by atoms with van der Waals surface area (Å²) in [7, 11) is 0. The van der Waals surface area contributed by atoms with E-state index in [-0.39, 0.29) is 6.23 Å². The highest BCUT2D eigenvalue weighted by Gasteiger charge is 2.27. The maximum Gasteiger partial charge on any atom is 0.138 e. The van der Waals surface area contributed by atoms with Gasteiger partial charge < -0.3 is 9.30 Å². The molecular formula is C20H19ClN2O. The topological polar surface area (TPSA) is 17.4 Å². The maximum absolute atomic E-state index is 6.30. The highest BCUT2D eigenvalue weighted by molar-refractivity contribution is 6.32. The van der Waals surface area contributed by atoms with Gasteiger partial charge >= 0.3 is 0 Å². The summed E-state index contributed by atoms with van der Waals surface area (Å²) < 4.78 is 8.04. The first kappa shape index (κ1) is 15.5. The molecule has 0 unspecified atom stereocenters. The van der Waals surface area contributed by atoms with Crippen molar-refractivity contribution in [1.29, 1.82) is 0 Å². The molecule has 0 bridgehead atoms. The Morgan fingerprint density at radius 2 is 1.79 bits per heavy atom. The van der Waals surface area contributed by atoms with Crippen LogP contribution in [0.15, 0.2) is 73.1 Å². The fourth-order valence-corrected chi connectivity index (χ4v) is 3.39. The molecule has 2 aromatic carbocycles. The first-order valence-electron chi connectivity index (χ1n) is 8.13. The number of benzene rings is 2. The van der Waals surface area contributed by atoms with Crippen LogP contribution in [0.3, 0.4) is 0 Å². The lowest BCUT2D eigenvalue weighted by Crippen LogP contribution is -2.23. The molecule has 0 aliphatic carbocycles. The summed E-state index contributed by atoms with van der Waals surface area (Å²) in [5, 5.41) is 0.744. The lowest BCUT2D eigenvalue weighted by molar-refractivity contribution is 0.0288. The lowest BCUT2D eigenvalue weighted by atomic mass is 10.2. The highest BCUT2D eigenvalue weighted by atomic mass is 35.5. The molecule has 1 saturated heterocycles. The Balaban J connectivity index is 1.56. The summed E-state index contributed by atoms with van der Waals surface area (Å²) in [6.45, 7) is 2.59. The quantitative estimate of drug-likeness (QED) is 0.688. The van der Waals surface area contributed by atoms with Crippen molar-refractivity contribution in [2.45, 2.75) is 12.8 Å². The first-order valence-corrected chi connectivity index (χ1v) is 8.51. The largest absolute Gasteiger partial charge is 0.357 e. The van der Waals surface area contributed by atoms with E-state index < -0.39 is 0 Å². The standard InChI is InChI=1S/C20H19ClN2O/c21-18-8-4-5-9-19(18)22-11-10-17(15-22)20-23(12-13-24-20)14-16-6-2-1-3-7-16/h1-11,15,20H,12-14H2/t20-/m1/s1. The summed E-state index contributed by atoms with van der Waals surface area (Å²) in [6.07, 6.45) is 4.14. The minimum atomic E-state index is -0.00561. The molecule has 4 rings (SSSR count). The summed E-state index contributed by atoms with van der Waals surface area (Å²) >= 11 is 6.30. The minimum Gasteiger partial charge on any atom is -0.357 e. The molecule has 3 nitrogen and oxygen atoms in total. The van der Waals surface area contributed by atoms with Crippen molar-refractivity contribution in [3.63, 3.8) is 0 Å². The van der Waals surface area contributed by atoms with E-state index in [0.717, 1.165) is 36.0 Å². The molecule has 0 amide bonds. The first-order chi connectivity index (χ1) is 11.8. The van der Waals surface area contributed by atoms with Gasteiger partial charge in [0.05, 0.1) is 17.3 Å². The molecule has 1 fully saturated rings. The molecule has 1 aliphatic rings. The van der Waals surface area contributed by atoms with Crippen LogP contribution in [-0.2, 0) is 11.3 Å². The number of rotatable bonds is 4. The number of hydrogen-bond donors (Lipinski definition) is 0. The Hall–Kier alpha value is -2.07. The average Bonchev–Trinajstić information content (AvgIpc) is 3.25. The van der Waals surface area contributed by atoms with Crippen LogP contribution in [0.2, 0.25) is 5.02 Å². The zero-order valence-electron chi connectivity index (χ0n) is 13.3. The Kier molecular flexibility index (Phi) is 4.39. The Morgan fingerprint density at radius 3 is 2.62 bits per heavy atom. The van der Waals surface area contributed by atoms with Gasteiger partial charge in [-0.25, -0.2) is 0 Å². The number of nitrogens with zero attached hydrogens (tertiary/aromatic N) is 2. The number of ether oxygens (including phenoxy) is 1. The van der Waals surface area contributed by atoms with Gasteiger partial charge in [0.15, 0.2) is 0 Å². The van der Waals surface area contributed by atoms with E-state index in [1.165, 1.54) is 5.56 Å². The SMILES string of the molecule is Clc1ccccc1-n1ccc([C@H]2OCCN2Cc2ccccc2)c1. The summed E-state index contributed by atoms with van der Waals surface area (Å²) in [5.41, 5.74) is 3.44. The third-order valence-corrected chi connectivity index (χ3v) is 4.67. The van der Waals surface area contributed by atoms with Gasteiger partial charge in [-0.15, -0.1) is 0 Å². The Labute approximate surface area is 147 Å². The van der Waals surface area contributed by atoms with Gasteiger partial charge in [0.25, 0.3) is 0 Å². The molecule has 0 spiro atoms. The fraction of sp³-hybridized carbons (Fsp3) is 0.200. The lowest BCUT2D eigenvalue weighted by Gasteiger charge is -2.22. The van der Waals surface area contributed by atoms with Crippen molar-refractivity contribution in [3.8, 4) is 5.69 Å². The van der Waals surface area contributed by atoms with Gasteiger partial charge in [-0.1, -0.05) is 54.1 Å². The molecular weight excluding hydrogens is 320 g/mol. The zero-order chi connectivity index (χ0) is 16.4. The fourth-order valence-electron chi connectivity index (χ4n) is 3.16. The van der Waals surface area contributed by atoms with Crippen LogP contribution in [-0.4, -0.2) is 22.6 Å². The molecule has 1 aromatic heterocycles. The monoisotopic (exact) mass is 338 g/mol. The van der Waals surface area contributed by atoms with Crippen LogP contribution in [0, 0.1) is 0 Å². The molecule has 2 heterocycles. The second-order valence-corrected chi connectivity index (χ2v) is 6.39. The van der Waals surface area contributed by atoms with Gasteiger partial charge in [0.2, 0.25) is 0 Å². The molecule has 4 heteroatoms. The van der Waals surface area contributed by atoms with Crippen LogP contribution in [0.1, 0.15) is 17.4 Å². The third kappa shape index (κ3) is 3.11. The van der Waals surface area contributed by atoms with Crippen molar-refractivity contribution < 1.29 is 4.74 Å². The molecule has 0 saturated carbocycles. The van der Waals surface area contributed by atoms with E-state index in [0.29, 0.717) is 0 Å². The molecule has 24 heavy (non-hydrogen) atoms. The number of halogens is 1. The predicted octanol–water partition coefficient (Wildman–Crippen LogP) is 4.66. The van der Waals surface area contributed by atoms with E-state index in [2.05, 4.69) is 46.0 Å². The average molecular weight is 339 g/mol. The Morgan fingerprint density at radius 1 is 1.00 bits per heavy atom. The molecule has 1 atom stereocenters. The number of para-hydroxylation sites is 1. The van der Waals surface area contributed by atoms with Crippen molar-refractivity contribution in [1.82, 2.24) is 9.47 Å². The summed E-state index contributed by atoms with van der Waals surface area (Å²) in [6, 6.07) is 20.5. The zero-order valence-corrected chi connectivity index (χ0v) is 14.1. The summed E-state index contributed by atoms with van der Waals surface area (Å²) in [4.78, 5) is 2.36. The van der Waals surface area contributed by atoms with Crippen LogP contribution < -0.4 is 0 Å². The molecule has 122 valence electrons. The second-order valence-electron chi connectivity index (χ2n) is 5.98.